The van der Waals surface area contributed by atoms with Gasteiger partial charge in [-0.05, 0) is 44.2 Å². The summed E-state index contributed by atoms with van der Waals surface area (Å²) in [7, 11) is 0. The summed E-state index contributed by atoms with van der Waals surface area (Å²) in [6.07, 6.45) is 3.61. The summed E-state index contributed by atoms with van der Waals surface area (Å²) in [5.74, 6) is -0.501. The molecule has 0 unspecified atom stereocenters. The molecule has 0 atom stereocenters. The number of carbonyl (C=O) groups is 1. The van der Waals surface area contributed by atoms with Crippen molar-refractivity contribution in [2.75, 3.05) is 0 Å². The fraction of sp³-hybridized carbons (Fsp3) is 0.100. The van der Waals surface area contributed by atoms with Gasteiger partial charge < -0.3 is 5.73 Å². The van der Waals surface area contributed by atoms with Gasteiger partial charge in [0.05, 0.1) is 17.1 Å². The van der Waals surface area contributed by atoms with Crippen LogP contribution in [0.5, 0.6) is 0 Å². The van der Waals surface area contributed by atoms with Crippen LogP contribution in [0.2, 0.25) is 0 Å². The Labute approximate surface area is 150 Å². The lowest BCUT2D eigenvalue weighted by molar-refractivity contribution is 0.0994. The third-order valence-electron chi connectivity index (χ3n) is 4.28. The van der Waals surface area contributed by atoms with Crippen molar-refractivity contribution < 1.29 is 4.79 Å². The largest absolute Gasteiger partial charge is 0.364 e. The van der Waals surface area contributed by atoms with Crippen molar-refractivity contribution >= 4 is 11.6 Å². The first-order valence-corrected chi connectivity index (χ1v) is 8.22. The minimum atomic E-state index is -0.501. The first-order valence-electron chi connectivity index (χ1n) is 8.22. The van der Waals surface area contributed by atoms with Crippen molar-refractivity contribution in [1.82, 2.24) is 19.4 Å². The zero-order valence-corrected chi connectivity index (χ0v) is 14.5. The quantitative estimate of drug-likeness (QED) is 0.619. The average molecular weight is 343 g/mol. The van der Waals surface area contributed by atoms with Gasteiger partial charge in [-0.1, -0.05) is 12.1 Å². The molecule has 0 aliphatic heterocycles. The minimum Gasteiger partial charge on any atom is -0.364 e. The van der Waals surface area contributed by atoms with Gasteiger partial charge in [-0.15, -0.1) is 0 Å². The number of rotatable bonds is 3. The standard InChI is InChI=1S/C20H17N5O/c1-12-5-3-7-16(23-12)18-15(6-4-10-22-18)14-8-9-17-24-13(2)19(20(21)26)25(17)11-14/h3-11H,1-2H3,(H2,21,26). The maximum atomic E-state index is 11.8. The Balaban J connectivity index is 1.94. The number of nitrogens with two attached hydrogens (primary N) is 1. The molecule has 0 bridgehead atoms. The molecule has 0 aromatic carbocycles. The van der Waals surface area contributed by atoms with Gasteiger partial charge in [0.2, 0.25) is 0 Å². The Morgan fingerprint density at radius 1 is 1.04 bits per heavy atom. The molecule has 1 amide bonds. The lowest BCUT2D eigenvalue weighted by atomic mass is 10.0. The smallest absolute Gasteiger partial charge is 0.267 e. The topological polar surface area (TPSA) is 86.2 Å². The highest BCUT2D eigenvalue weighted by atomic mass is 16.1. The number of nitrogens with zero attached hydrogens (tertiary/aromatic N) is 4. The summed E-state index contributed by atoms with van der Waals surface area (Å²) in [5.41, 5.74) is 11.6. The summed E-state index contributed by atoms with van der Waals surface area (Å²) in [5, 5.41) is 0. The first-order chi connectivity index (χ1) is 12.5. The third-order valence-corrected chi connectivity index (χ3v) is 4.28. The second-order valence-electron chi connectivity index (χ2n) is 6.12. The van der Waals surface area contributed by atoms with E-state index in [1.54, 1.807) is 17.5 Å². The van der Waals surface area contributed by atoms with E-state index in [0.717, 1.165) is 28.2 Å². The van der Waals surface area contributed by atoms with E-state index in [0.29, 0.717) is 17.0 Å². The molecule has 4 rings (SSSR count). The Morgan fingerprint density at radius 3 is 2.65 bits per heavy atom. The fourth-order valence-corrected chi connectivity index (χ4v) is 3.14. The predicted octanol–water partition coefficient (Wildman–Crippen LogP) is 3.17. The number of carbonyl (C=O) groups excluding carboxylic acids is 1. The molecule has 0 saturated carbocycles. The van der Waals surface area contributed by atoms with Crippen LogP contribution in [0, 0.1) is 13.8 Å². The molecular formula is C20H17N5O. The van der Waals surface area contributed by atoms with Gasteiger partial charge in [0.25, 0.3) is 5.91 Å². The van der Waals surface area contributed by atoms with Crippen LogP contribution in [0.15, 0.2) is 54.9 Å². The highest BCUT2D eigenvalue weighted by Gasteiger charge is 2.16. The van der Waals surface area contributed by atoms with E-state index in [4.69, 9.17) is 5.73 Å². The van der Waals surface area contributed by atoms with Gasteiger partial charge in [-0.3, -0.25) is 19.2 Å². The van der Waals surface area contributed by atoms with Crippen LogP contribution >= 0.6 is 0 Å². The Kier molecular flexibility index (Phi) is 3.73. The molecule has 0 fully saturated rings. The lowest BCUT2D eigenvalue weighted by Gasteiger charge is -2.10. The number of imidazole rings is 1. The highest BCUT2D eigenvalue weighted by molar-refractivity contribution is 5.93. The number of pyridine rings is 3. The Bertz CT molecular complexity index is 1150. The van der Waals surface area contributed by atoms with Crippen LogP contribution < -0.4 is 5.73 Å². The number of aryl methyl sites for hydroxylation is 2. The van der Waals surface area contributed by atoms with E-state index in [2.05, 4.69) is 15.0 Å². The zero-order chi connectivity index (χ0) is 18.3. The van der Waals surface area contributed by atoms with Crippen LogP contribution in [0.25, 0.3) is 28.2 Å². The normalized spacial score (nSPS) is 11.0. The van der Waals surface area contributed by atoms with E-state index >= 15 is 0 Å². The number of fused-ring (bicyclic) bond motifs is 1. The maximum Gasteiger partial charge on any atom is 0.267 e. The number of amides is 1. The summed E-state index contributed by atoms with van der Waals surface area (Å²) in [6.45, 7) is 3.73. The molecule has 6 heteroatoms. The van der Waals surface area contributed by atoms with E-state index in [1.165, 1.54) is 0 Å². The van der Waals surface area contributed by atoms with Gasteiger partial charge in [0, 0.05) is 29.2 Å². The Morgan fingerprint density at radius 2 is 1.88 bits per heavy atom. The number of aromatic nitrogens is 4. The highest BCUT2D eigenvalue weighted by Crippen LogP contribution is 2.30. The molecule has 0 spiro atoms. The molecule has 0 radical (unpaired) electrons. The SMILES string of the molecule is Cc1cccc(-c2ncccc2-c2ccc3nc(C)c(C(N)=O)n3c2)n1. The molecule has 0 aliphatic carbocycles. The van der Waals surface area contributed by atoms with Crippen molar-refractivity contribution in [3.63, 3.8) is 0 Å². The van der Waals surface area contributed by atoms with Gasteiger partial charge in [-0.25, -0.2) is 4.98 Å². The van der Waals surface area contributed by atoms with E-state index < -0.39 is 5.91 Å². The molecule has 6 nitrogen and oxygen atoms in total. The second kappa shape index (κ2) is 6.07. The monoisotopic (exact) mass is 343 g/mol. The zero-order valence-electron chi connectivity index (χ0n) is 14.5. The molecule has 0 aliphatic rings. The molecule has 128 valence electrons. The van der Waals surface area contributed by atoms with Crippen LogP contribution in [-0.4, -0.2) is 25.3 Å². The van der Waals surface area contributed by atoms with E-state index in [1.807, 2.05) is 55.6 Å². The predicted molar refractivity (Wildman–Crippen MR) is 99.6 cm³/mol. The van der Waals surface area contributed by atoms with Gasteiger partial charge in [0.15, 0.2) is 0 Å². The van der Waals surface area contributed by atoms with Crippen LogP contribution in [0.1, 0.15) is 21.9 Å². The summed E-state index contributed by atoms with van der Waals surface area (Å²) < 4.78 is 1.73. The van der Waals surface area contributed by atoms with E-state index in [9.17, 15) is 4.79 Å². The summed E-state index contributed by atoms with van der Waals surface area (Å²) in [6, 6.07) is 13.6. The van der Waals surface area contributed by atoms with Crippen molar-refractivity contribution in [3.8, 4) is 22.5 Å². The number of hydrogen-bond donors (Lipinski definition) is 1. The van der Waals surface area contributed by atoms with E-state index in [-0.39, 0.29) is 0 Å². The number of primary amides is 1. The first kappa shape index (κ1) is 16.0. The van der Waals surface area contributed by atoms with Crippen molar-refractivity contribution in [1.29, 1.82) is 0 Å². The number of hydrogen-bond acceptors (Lipinski definition) is 4. The van der Waals surface area contributed by atoms with Crippen LogP contribution in [0.4, 0.5) is 0 Å². The third kappa shape index (κ3) is 2.61. The molecule has 0 saturated heterocycles. The van der Waals surface area contributed by atoms with Crippen LogP contribution in [0.3, 0.4) is 0 Å². The average Bonchev–Trinajstić information content (AvgIpc) is 2.96. The molecule has 4 aromatic heterocycles. The van der Waals surface area contributed by atoms with Crippen molar-refractivity contribution in [2.45, 2.75) is 13.8 Å². The van der Waals surface area contributed by atoms with Crippen LogP contribution in [-0.2, 0) is 0 Å². The summed E-state index contributed by atoms with van der Waals surface area (Å²) >= 11 is 0. The lowest BCUT2D eigenvalue weighted by Crippen LogP contribution is -2.15. The summed E-state index contributed by atoms with van der Waals surface area (Å²) in [4.78, 5) is 25.3. The maximum absolute atomic E-state index is 11.8. The molecule has 2 N–H and O–H groups in total. The minimum absolute atomic E-state index is 0.390. The molecular weight excluding hydrogens is 326 g/mol. The van der Waals surface area contributed by atoms with Crippen molar-refractivity contribution in [3.05, 3.63) is 71.9 Å². The molecule has 26 heavy (non-hydrogen) atoms. The van der Waals surface area contributed by atoms with Crippen molar-refractivity contribution in [2.24, 2.45) is 5.73 Å². The Hall–Kier alpha value is -3.54. The van der Waals surface area contributed by atoms with Gasteiger partial charge >= 0.3 is 0 Å². The molecule has 4 aromatic rings. The van der Waals surface area contributed by atoms with Gasteiger partial charge in [0.1, 0.15) is 11.3 Å². The molecule has 4 heterocycles. The fourth-order valence-electron chi connectivity index (χ4n) is 3.14. The van der Waals surface area contributed by atoms with Gasteiger partial charge in [-0.2, -0.15) is 0 Å². The second-order valence-corrected chi connectivity index (χ2v) is 6.12.